The molecular formula is C30H32N2O5. The van der Waals surface area contributed by atoms with Crippen molar-refractivity contribution in [1.29, 1.82) is 0 Å². The molecule has 1 aliphatic heterocycles. The fourth-order valence-corrected chi connectivity index (χ4v) is 4.74. The van der Waals surface area contributed by atoms with Crippen molar-refractivity contribution in [2.24, 2.45) is 5.41 Å². The van der Waals surface area contributed by atoms with Crippen molar-refractivity contribution < 1.29 is 24.5 Å². The fraction of sp³-hybridized carbons (Fsp3) is 0.300. The smallest absolute Gasteiger partial charge is 0.416 e. The number of carbonyl (C=O) groups is 1. The van der Waals surface area contributed by atoms with E-state index in [4.69, 9.17) is 9.47 Å². The first-order valence-corrected chi connectivity index (χ1v) is 12.5. The molecule has 0 fully saturated rings. The van der Waals surface area contributed by atoms with Gasteiger partial charge in [0.05, 0.1) is 19.8 Å². The Bertz CT molecular complexity index is 1380. The number of amides is 1. The molecule has 0 aliphatic carbocycles. The summed E-state index contributed by atoms with van der Waals surface area (Å²) in [5.74, 6) is 1.13. The van der Waals surface area contributed by atoms with E-state index >= 15 is 0 Å². The summed E-state index contributed by atoms with van der Waals surface area (Å²) in [5.41, 5.74) is 4.64. The number of aryl methyl sites for hydroxylation is 1. The second kappa shape index (κ2) is 10.3. The maximum absolute atomic E-state index is 13.4. The number of aliphatic hydroxyl groups excluding tert-OH is 2. The van der Waals surface area contributed by atoms with Crippen LogP contribution in [0.25, 0.3) is 10.9 Å². The predicted molar refractivity (Wildman–Crippen MR) is 142 cm³/mol. The fourth-order valence-electron chi connectivity index (χ4n) is 4.74. The second-order valence-corrected chi connectivity index (χ2v) is 10.1. The van der Waals surface area contributed by atoms with Crippen molar-refractivity contribution >= 4 is 17.0 Å². The third kappa shape index (κ3) is 5.05. The Morgan fingerprint density at radius 1 is 1.03 bits per heavy atom. The Labute approximate surface area is 216 Å². The summed E-state index contributed by atoms with van der Waals surface area (Å²) in [6.07, 6.45) is 0.319. The molecule has 1 aliphatic rings. The number of carbonyl (C=O) groups excluding carboxylic acids is 1. The minimum atomic E-state index is -0.725. The number of nitrogens with zero attached hydrogens (tertiary/aromatic N) is 1. The van der Waals surface area contributed by atoms with Crippen LogP contribution in [0, 0.1) is 12.3 Å². The molecule has 0 saturated carbocycles. The number of fused-ring (bicyclic) bond motifs is 3. The summed E-state index contributed by atoms with van der Waals surface area (Å²) in [6.45, 7) is 4.20. The van der Waals surface area contributed by atoms with Crippen LogP contribution in [-0.2, 0) is 6.42 Å². The molecule has 5 rings (SSSR count). The van der Waals surface area contributed by atoms with Crippen molar-refractivity contribution in [1.82, 2.24) is 9.88 Å². The first-order valence-electron chi connectivity index (χ1n) is 12.5. The van der Waals surface area contributed by atoms with Gasteiger partial charge >= 0.3 is 6.09 Å². The third-order valence-electron chi connectivity index (χ3n) is 7.01. The van der Waals surface area contributed by atoms with Gasteiger partial charge in [0, 0.05) is 28.6 Å². The average Bonchev–Trinajstić information content (AvgIpc) is 3.30. The van der Waals surface area contributed by atoms with E-state index in [1.165, 1.54) is 16.5 Å². The molecule has 192 valence electrons. The van der Waals surface area contributed by atoms with Crippen LogP contribution in [-0.4, -0.2) is 52.6 Å². The molecule has 2 heterocycles. The number of para-hydroxylation sites is 1. The van der Waals surface area contributed by atoms with E-state index in [0.717, 1.165) is 23.2 Å². The van der Waals surface area contributed by atoms with Gasteiger partial charge in [-0.2, -0.15) is 0 Å². The Morgan fingerprint density at radius 2 is 1.76 bits per heavy atom. The van der Waals surface area contributed by atoms with Crippen molar-refractivity contribution in [2.45, 2.75) is 26.3 Å². The zero-order valence-electron chi connectivity index (χ0n) is 21.1. The van der Waals surface area contributed by atoms with Crippen LogP contribution in [0.4, 0.5) is 4.79 Å². The summed E-state index contributed by atoms with van der Waals surface area (Å²) in [6, 6.07) is 22.7. The molecule has 0 saturated heterocycles. The number of hydrogen-bond acceptors (Lipinski definition) is 5. The zero-order chi connectivity index (χ0) is 26.0. The molecule has 1 atom stereocenters. The molecule has 1 aromatic heterocycles. The Kier molecular flexibility index (Phi) is 6.91. The van der Waals surface area contributed by atoms with Crippen molar-refractivity contribution in [2.75, 3.05) is 26.4 Å². The van der Waals surface area contributed by atoms with Gasteiger partial charge in [-0.15, -0.1) is 0 Å². The molecule has 3 N–H and O–H groups in total. The van der Waals surface area contributed by atoms with Crippen molar-refractivity contribution in [3.63, 3.8) is 0 Å². The predicted octanol–water partition coefficient (Wildman–Crippen LogP) is 4.99. The van der Waals surface area contributed by atoms with Crippen LogP contribution < -0.4 is 9.47 Å². The number of benzene rings is 3. The number of aromatic amines is 1. The number of ether oxygens (including phenoxy) is 2. The molecule has 37 heavy (non-hydrogen) atoms. The summed E-state index contributed by atoms with van der Waals surface area (Å²) in [7, 11) is 0. The summed E-state index contributed by atoms with van der Waals surface area (Å²) in [4.78, 5) is 18.7. The van der Waals surface area contributed by atoms with Crippen LogP contribution >= 0.6 is 0 Å². The second-order valence-electron chi connectivity index (χ2n) is 10.1. The van der Waals surface area contributed by atoms with Crippen LogP contribution in [0.5, 0.6) is 11.5 Å². The molecule has 3 aromatic carbocycles. The van der Waals surface area contributed by atoms with Gasteiger partial charge < -0.3 is 24.7 Å². The summed E-state index contributed by atoms with van der Waals surface area (Å²) >= 11 is 0. The van der Waals surface area contributed by atoms with Crippen LogP contribution in [0.15, 0.2) is 72.8 Å². The molecule has 7 heteroatoms. The van der Waals surface area contributed by atoms with Gasteiger partial charge in [0.15, 0.2) is 0 Å². The normalized spacial score (nSPS) is 15.5. The minimum absolute atomic E-state index is 0.176. The molecule has 0 bridgehead atoms. The highest BCUT2D eigenvalue weighted by atomic mass is 16.6. The quantitative estimate of drug-likeness (QED) is 0.332. The third-order valence-corrected chi connectivity index (χ3v) is 7.01. The number of rotatable bonds is 7. The van der Waals surface area contributed by atoms with Gasteiger partial charge in [0.25, 0.3) is 0 Å². The van der Waals surface area contributed by atoms with E-state index in [0.29, 0.717) is 18.0 Å². The van der Waals surface area contributed by atoms with E-state index in [1.807, 2.05) is 42.5 Å². The first-order chi connectivity index (χ1) is 17.9. The zero-order valence-corrected chi connectivity index (χ0v) is 21.1. The molecule has 0 radical (unpaired) electrons. The van der Waals surface area contributed by atoms with Crippen LogP contribution in [0.3, 0.4) is 0 Å². The number of hydrogen-bond donors (Lipinski definition) is 3. The lowest BCUT2D eigenvalue weighted by Gasteiger charge is -2.35. The minimum Gasteiger partial charge on any atom is -0.493 e. The van der Waals surface area contributed by atoms with Crippen LogP contribution in [0.2, 0.25) is 0 Å². The highest BCUT2D eigenvalue weighted by Gasteiger charge is 2.36. The first kappa shape index (κ1) is 24.9. The van der Waals surface area contributed by atoms with E-state index in [-0.39, 0.29) is 25.9 Å². The standard InChI is InChI=1S/C30H32N2O5/c1-20-8-13-26-25(16-20)24-14-15-32(29(35)37-23-6-4-3-5-7-23)28(27(24)31-26)21-9-11-22(12-10-21)36-19-30(2,17-33)18-34/h3-13,16,28,31,33-34H,14-15,17-19H2,1-2H3/t28-/m0/s1. The van der Waals surface area contributed by atoms with Gasteiger partial charge in [-0.05, 0) is 60.9 Å². The lowest BCUT2D eigenvalue weighted by molar-refractivity contribution is 0.0287. The van der Waals surface area contributed by atoms with E-state index in [9.17, 15) is 15.0 Å². The lowest BCUT2D eigenvalue weighted by atomic mass is 9.92. The molecular weight excluding hydrogens is 468 g/mol. The van der Waals surface area contributed by atoms with Crippen molar-refractivity contribution in [3.05, 3.63) is 95.2 Å². The Balaban J connectivity index is 1.48. The maximum Gasteiger partial charge on any atom is 0.416 e. The molecule has 0 unspecified atom stereocenters. The Hall–Kier alpha value is -3.81. The van der Waals surface area contributed by atoms with Gasteiger partial charge in [0.1, 0.15) is 17.5 Å². The highest BCUT2D eigenvalue weighted by molar-refractivity contribution is 5.87. The van der Waals surface area contributed by atoms with Gasteiger partial charge in [-0.1, -0.05) is 48.9 Å². The maximum atomic E-state index is 13.4. The number of aliphatic hydroxyl groups is 2. The number of H-pyrrole nitrogens is 1. The number of aromatic nitrogens is 1. The summed E-state index contributed by atoms with van der Waals surface area (Å²) < 4.78 is 11.6. The SMILES string of the molecule is Cc1ccc2[nH]c3c(c2c1)CCN(C(=O)Oc1ccccc1)[C@H]3c1ccc(OCC(C)(CO)CO)cc1. The highest BCUT2D eigenvalue weighted by Crippen LogP contribution is 2.39. The van der Waals surface area contributed by atoms with E-state index in [2.05, 4.69) is 30.1 Å². The monoisotopic (exact) mass is 500 g/mol. The molecule has 1 amide bonds. The largest absolute Gasteiger partial charge is 0.493 e. The number of nitrogens with one attached hydrogen (secondary N) is 1. The van der Waals surface area contributed by atoms with Crippen LogP contribution in [0.1, 0.15) is 35.3 Å². The van der Waals surface area contributed by atoms with E-state index < -0.39 is 11.5 Å². The van der Waals surface area contributed by atoms with Crippen molar-refractivity contribution in [3.8, 4) is 11.5 Å². The summed E-state index contributed by atoms with van der Waals surface area (Å²) in [5, 5.41) is 20.3. The topological polar surface area (TPSA) is 95.0 Å². The average molecular weight is 501 g/mol. The van der Waals surface area contributed by atoms with Gasteiger partial charge in [-0.3, -0.25) is 4.90 Å². The lowest BCUT2D eigenvalue weighted by Crippen LogP contribution is -2.42. The van der Waals surface area contributed by atoms with Gasteiger partial charge in [0.2, 0.25) is 0 Å². The Morgan fingerprint density at radius 3 is 2.46 bits per heavy atom. The van der Waals surface area contributed by atoms with Gasteiger partial charge in [-0.25, -0.2) is 4.79 Å². The molecule has 0 spiro atoms. The van der Waals surface area contributed by atoms with E-state index in [1.54, 1.807) is 24.0 Å². The molecule has 7 nitrogen and oxygen atoms in total. The molecule has 4 aromatic rings.